The first kappa shape index (κ1) is 25.5. The number of fused-ring (bicyclic) bond motifs is 2. The van der Waals surface area contributed by atoms with Gasteiger partial charge in [0.1, 0.15) is 18.2 Å². The number of carbonyl (C=O) groups excluding carboxylic acids is 1. The van der Waals surface area contributed by atoms with Crippen molar-refractivity contribution in [2.75, 3.05) is 5.32 Å². The molecule has 0 saturated heterocycles. The van der Waals surface area contributed by atoms with E-state index < -0.39 is 5.82 Å². The molecule has 0 spiro atoms. The van der Waals surface area contributed by atoms with Crippen LogP contribution < -0.4 is 10.9 Å². The van der Waals surface area contributed by atoms with Crippen molar-refractivity contribution < 1.29 is 9.18 Å². The number of nitrogens with one attached hydrogen (secondary N) is 1. The van der Waals surface area contributed by atoms with Gasteiger partial charge in [-0.1, -0.05) is 60.1 Å². The smallest absolute Gasteiger partial charge is 0.282 e. The van der Waals surface area contributed by atoms with Crippen molar-refractivity contribution in [1.82, 2.24) is 14.2 Å². The number of amides is 1. The van der Waals surface area contributed by atoms with Crippen molar-refractivity contribution in [2.24, 2.45) is 5.10 Å². The molecule has 1 amide bonds. The van der Waals surface area contributed by atoms with Crippen molar-refractivity contribution in [3.05, 3.63) is 105 Å². The third-order valence-corrected chi connectivity index (χ3v) is 6.97. The zero-order valence-electron chi connectivity index (χ0n) is 20.9. The third-order valence-electron chi connectivity index (χ3n) is 6.48. The standard InChI is InChI=1S/C29H25BrFN5O2/c1-3-18(2)28-34-24-13-12-20(30)14-22(24)29(38)36(28)32-15-19-16-35(26-11-7-4-8-21(19)26)17-27(37)33-25-10-6-5-9-23(25)31/h4-16,18H,3,17H2,1-2H3,(H,33,37)/t18-/m1/s1. The lowest BCUT2D eigenvalue weighted by atomic mass is 10.1. The summed E-state index contributed by atoms with van der Waals surface area (Å²) in [5, 5.41) is 8.54. The highest BCUT2D eigenvalue weighted by Gasteiger charge is 2.16. The number of benzene rings is 3. The van der Waals surface area contributed by atoms with E-state index in [1.54, 1.807) is 35.2 Å². The average molecular weight is 574 g/mol. The molecule has 0 aliphatic heterocycles. The number of hydrogen-bond acceptors (Lipinski definition) is 4. The summed E-state index contributed by atoms with van der Waals surface area (Å²) in [7, 11) is 0. The topological polar surface area (TPSA) is 81.3 Å². The van der Waals surface area contributed by atoms with Crippen LogP contribution in [-0.4, -0.2) is 26.3 Å². The molecule has 5 rings (SSSR count). The predicted octanol–water partition coefficient (Wildman–Crippen LogP) is 6.29. The highest BCUT2D eigenvalue weighted by molar-refractivity contribution is 9.10. The average Bonchev–Trinajstić information content (AvgIpc) is 3.26. The summed E-state index contributed by atoms with van der Waals surface area (Å²) in [6, 6.07) is 19.1. The van der Waals surface area contributed by atoms with Crippen LogP contribution in [0.15, 0.2) is 87.3 Å². The van der Waals surface area contributed by atoms with E-state index in [4.69, 9.17) is 4.98 Å². The zero-order valence-corrected chi connectivity index (χ0v) is 22.4. The molecule has 0 radical (unpaired) electrons. The van der Waals surface area contributed by atoms with Crippen LogP contribution in [0.4, 0.5) is 10.1 Å². The molecule has 0 fully saturated rings. The Morgan fingerprint density at radius 1 is 1.13 bits per heavy atom. The van der Waals surface area contributed by atoms with Gasteiger partial charge >= 0.3 is 0 Å². The summed E-state index contributed by atoms with van der Waals surface area (Å²) in [4.78, 5) is 30.9. The van der Waals surface area contributed by atoms with Gasteiger partial charge in [0, 0.05) is 33.1 Å². The van der Waals surface area contributed by atoms with E-state index >= 15 is 0 Å². The van der Waals surface area contributed by atoms with Crippen LogP contribution in [0.2, 0.25) is 0 Å². The van der Waals surface area contributed by atoms with Crippen molar-refractivity contribution in [2.45, 2.75) is 32.7 Å². The second kappa shape index (κ2) is 10.7. The van der Waals surface area contributed by atoms with Gasteiger partial charge in [-0.3, -0.25) is 9.59 Å². The van der Waals surface area contributed by atoms with Crippen LogP contribution in [0.25, 0.3) is 21.8 Å². The van der Waals surface area contributed by atoms with Gasteiger partial charge in [-0.2, -0.15) is 9.78 Å². The van der Waals surface area contributed by atoms with Gasteiger partial charge in [-0.05, 0) is 42.8 Å². The molecule has 1 atom stereocenters. The maximum absolute atomic E-state index is 14.0. The van der Waals surface area contributed by atoms with Gasteiger partial charge < -0.3 is 9.88 Å². The Morgan fingerprint density at radius 3 is 2.68 bits per heavy atom. The number of anilines is 1. The quantitative estimate of drug-likeness (QED) is 0.232. The first-order valence-electron chi connectivity index (χ1n) is 12.2. The fraction of sp³-hybridized carbons (Fsp3) is 0.172. The summed E-state index contributed by atoms with van der Waals surface area (Å²) in [6.07, 6.45) is 4.21. The molecule has 192 valence electrons. The Bertz CT molecular complexity index is 1760. The van der Waals surface area contributed by atoms with Gasteiger partial charge in [0.25, 0.3) is 5.56 Å². The molecule has 38 heavy (non-hydrogen) atoms. The van der Waals surface area contributed by atoms with Crippen molar-refractivity contribution >= 4 is 55.5 Å². The Kier molecular flexibility index (Phi) is 7.20. The van der Waals surface area contributed by atoms with Crippen LogP contribution >= 0.6 is 15.9 Å². The normalized spacial score (nSPS) is 12.4. The summed E-state index contributed by atoms with van der Waals surface area (Å²) in [6.45, 7) is 4.03. The van der Waals surface area contributed by atoms with Gasteiger partial charge in [-0.25, -0.2) is 9.37 Å². The van der Waals surface area contributed by atoms with Gasteiger partial charge in [0.05, 0.1) is 22.8 Å². The molecule has 2 heterocycles. The monoisotopic (exact) mass is 573 g/mol. The second-order valence-corrected chi connectivity index (χ2v) is 9.98. The SMILES string of the molecule is CC[C@@H](C)c1nc2ccc(Br)cc2c(=O)n1N=Cc1cn(CC(=O)Nc2ccccc2F)c2ccccc12. The van der Waals surface area contributed by atoms with Gasteiger partial charge in [0.2, 0.25) is 5.91 Å². The maximum atomic E-state index is 14.0. The Labute approximate surface area is 226 Å². The fourth-order valence-corrected chi connectivity index (χ4v) is 4.68. The molecular formula is C29H25BrFN5O2. The molecule has 0 unspecified atom stereocenters. The number of rotatable bonds is 7. The third kappa shape index (κ3) is 5.02. The number of para-hydroxylation sites is 2. The molecule has 1 N–H and O–H groups in total. The van der Waals surface area contributed by atoms with Crippen molar-refractivity contribution in [3.8, 4) is 0 Å². The molecule has 0 aliphatic carbocycles. The zero-order chi connectivity index (χ0) is 26.8. The highest BCUT2D eigenvalue weighted by Crippen LogP contribution is 2.23. The number of hydrogen-bond donors (Lipinski definition) is 1. The van der Waals surface area contributed by atoms with E-state index in [1.165, 1.54) is 16.8 Å². The Morgan fingerprint density at radius 2 is 1.89 bits per heavy atom. The maximum Gasteiger partial charge on any atom is 0.282 e. The van der Waals surface area contributed by atoms with Crippen LogP contribution in [0.1, 0.15) is 37.6 Å². The molecule has 7 nitrogen and oxygen atoms in total. The minimum Gasteiger partial charge on any atom is -0.337 e. The number of carbonyl (C=O) groups is 1. The molecule has 0 bridgehead atoms. The minimum atomic E-state index is -0.496. The molecule has 2 aromatic heterocycles. The van der Waals surface area contributed by atoms with E-state index in [1.807, 2.05) is 50.2 Å². The first-order valence-corrected chi connectivity index (χ1v) is 13.0. The summed E-state index contributed by atoms with van der Waals surface area (Å²) < 4.78 is 17.9. The Hall–Kier alpha value is -4.11. The molecule has 5 aromatic rings. The molecule has 0 saturated carbocycles. The Balaban J connectivity index is 1.53. The summed E-state index contributed by atoms with van der Waals surface area (Å²) in [5.41, 5.74) is 2.04. The predicted molar refractivity (Wildman–Crippen MR) is 152 cm³/mol. The lowest BCUT2D eigenvalue weighted by molar-refractivity contribution is -0.116. The summed E-state index contributed by atoms with van der Waals surface area (Å²) in [5.74, 6) is -0.267. The lowest BCUT2D eigenvalue weighted by Crippen LogP contribution is -2.23. The van der Waals surface area contributed by atoms with E-state index in [2.05, 4.69) is 26.3 Å². The van der Waals surface area contributed by atoms with Gasteiger partial charge in [-0.15, -0.1) is 0 Å². The minimum absolute atomic E-state index is 0.0105. The highest BCUT2D eigenvalue weighted by atomic mass is 79.9. The second-order valence-electron chi connectivity index (χ2n) is 9.06. The van der Waals surface area contributed by atoms with E-state index in [-0.39, 0.29) is 29.6 Å². The van der Waals surface area contributed by atoms with Gasteiger partial charge in [0.15, 0.2) is 0 Å². The largest absolute Gasteiger partial charge is 0.337 e. The number of halogens is 2. The molecule has 9 heteroatoms. The van der Waals surface area contributed by atoms with Crippen LogP contribution in [0, 0.1) is 5.82 Å². The number of aromatic nitrogens is 3. The van der Waals surface area contributed by atoms with E-state index in [9.17, 15) is 14.0 Å². The van der Waals surface area contributed by atoms with Crippen LogP contribution in [0.3, 0.4) is 0 Å². The van der Waals surface area contributed by atoms with Crippen LogP contribution in [-0.2, 0) is 11.3 Å². The molecule has 0 aliphatic rings. The first-order chi connectivity index (χ1) is 18.4. The summed E-state index contributed by atoms with van der Waals surface area (Å²) >= 11 is 3.43. The number of nitrogens with zero attached hydrogens (tertiary/aromatic N) is 4. The van der Waals surface area contributed by atoms with Crippen molar-refractivity contribution in [3.63, 3.8) is 0 Å². The van der Waals surface area contributed by atoms with E-state index in [0.717, 1.165) is 27.4 Å². The fourth-order valence-electron chi connectivity index (χ4n) is 4.31. The van der Waals surface area contributed by atoms with Crippen molar-refractivity contribution in [1.29, 1.82) is 0 Å². The van der Waals surface area contributed by atoms with Crippen LogP contribution in [0.5, 0.6) is 0 Å². The lowest BCUT2D eigenvalue weighted by Gasteiger charge is -2.13. The molecule has 3 aromatic carbocycles. The molecular weight excluding hydrogens is 549 g/mol. The van der Waals surface area contributed by atoms with E-state index in [0.29, 0.717) is 16.7 Å².